The van der Waals surface area contributed by atoms with Crippen molar-refractivity contribution in [2.75, 3.05) is 13.7 Å². The molecule has 1 aliphatic rings. The zero-order chi connectivity index (χ0) is 12.5. The lowest BCUT2D eigenvalue weighted by molar-refractivity contribution is -0.116. The Labute approximate surface area is 97.9 Å². The molecule has 0 aromatic rings. The van der Waals surface area contributed by atoms with Crippen LogP contribution in [0.25, 0.3) is 0 Å². The van der Waals surface area contributed by atoms with Crippen molar-refractivity contribution in [2.24, 2.45) is 0 Å². The first kappa shape index (κ1) is 13.6. The van der Waals surface area contributed by atoms with Gasteiger partial charge < -0.3 is 35.7 Å². The second-order valence-corrected chi connectivity index (χ2v) is 4.12. The van der Waals surface area contributed by atoms with E-state index in [9.17, 15) is 20.4 Å². The first-order valence-electron chi connectivity index (χ1n) is 4.76. The third kappa shape index (κ3) is 2.42. The summed E-state index contributed by atoms with van der Waals surface area (Å²) in [4.78, 5) is 1.23. The van der Waals surface area contributed by atoms with Crippen LogP contribution in [0, 0.1) is 0 Å². The highest BCUT2D eigenvalue weighted by atomic mass is 32.1. The Kier molecular flexibility index (Phi) is 4.42. The van der Waals surface area contributed by atoms with E-state index in [4.69, 9.17) is 17.3 Å². The molecule has 1 rings (SSSR count). The minimum atomic E-state index is -1.43. The summed E-state index contributed by atoms with van der Waals surface area (Å²) in [5.41, 5.74) is 0. The zero-order valence-corrected chi connectivity index (χ0v) is 9.50. The molecule has 1 fully saturated rings. The van der Waals surface area contributed by atoms with Crippen molar-refractivity contribution in [1.29, 1.82) is 0 Å². The molecule has 1 heterocycles. The summed E-state index contributed by atoms with van der Waals surface area (Å²) in [6.07, 6.45) is -5.43. The molecule has 0 aromatic heterocycles. The number of hydrogen-bond acceptors (Lipinski definition) is 6. The zero-order valence-electron chi connectivity index (χ0n) is 8.69. The van der Waals surface area contributed by atoms with Crippen LogP contribution in [0.15, 0.2) is 0 Å². The lowest BCUT2D eigenvalue weighted by Crippen LogP contribution is -2.68. The van der Waals surface area contributed by atoms with E-state index in [1.165, 1.54) is 11.9 Å². The Morgan fingerprint density at radius 2 is 2.00 bits per heavy atom. The van der Waals surface area contributed by atoms with Crippen molar-refractivity contribution in [3.63, 3.8) is 0 Å². The molecule has 0 unspecified atom stereocenters. The van der Waals surface area contributed by atoms with Gasteiger partial charge in [0.2, 0.25) is 0 Å². The van der Waals surface area contributed by atoms with E-state index >= 15 is 0 Å². The number of thiocarbonyl (C=S) groups is 1. The average Bonchev–Trinajstić information content (AvgIpc) is 2.29. The van der Waals surface area contributed by atoms with Crippen molar-refractivity contribution in [3.05, 3.63) is 0 Å². The molecule has 16 heavy (non-hydrogen) atoms. The quantitative estimate of drug-likeness (QED) is 0.287. The van der Waals surface area contributed by atoms with E-state index in [0.717, 1.165) is 0 Å². The van der Waals surface area contributed by atoms with Gasteiger partial charge in [-0.05, 0) is 12.2 Å². The van der Waals surface area contributed by atoms with Gasteiger partial charge in [-0.1, -0.05) is 0 Å². The predicted octanol–water partition coefficient (Wildman–Crippen LogP) is -3.43. The summed E-state index contributed by atoms with van der Waals surface area (Å²) < 4.78 is 0. The van der Waals surface area contributed by atoms with E-state index in [1.807, 2.05) is 0 Å². The smallest absolute Gasteiger partial charge is 0.171 e. The molecule has 5 atom stereocenters. The maximum atomic E-state index is 9.67. The molecular formula is C8H16N2O5S. The molecule has 0 aliphatic carbocycles. The van der Waals surface area contributed by atoms with Crippen LogP contribution < -0.4 is 5.32 Å². The third-order valence-corrected chi connectivity index (χ3v) is 3.04. The Hall–Kier alpha value is -0.510. The molecule has 7 nitrogen and oxygen atoms in total. The molecule has 1 saturated heterocycles. The maximum Gasteiger partial charge on any atom is 0.171 e. The molecule has 0 saturated carbocycles. The molecule has 0 bridgehead atoms. The molecule has 0 spiro atoms. The second-order valence-electron chi connectivity index (χ2n) is 3.73. The van der Waals surface area contributed by atoms with E-state index < -0.39 is 37.2 Å². The summed E-state index contributed by atoms with van der Waals surface area (Å²) >= 11 is 4.87. The molecular weight excluding hydrogens is 236 g/mol. The number of hydrogen-bond donors (Lipinski definition) is 6. The lowest BCUT2D eigenvalue weighted by Gasteiger charge is -2.43. The highest BCUT2D eigenvalue weighted by Gasteiger charge is 2.41. The Morgan fingerprint density at radius 1 is 1.44 bits per heavy atom. The minimum Gasteiger partial charge on any atom is -0.394 e. The van der Waals surface area contributed by atoms with Gasteiger partial charge in [0, 0.05) is 7.05 Å². The number of aliphatic hydroxyl groups excluding tert-OH is 5. The van der Waals surface area contributed by atoms with Crippen LogP contribution in [-0.2, 0) is 0 Å². The molecule has 8 heteroatoms. The summed E-state index contributed by atoms with van der Waals surface area (Å²) in [5, 5.41) is 49.5. The molecule has 0 radical (unpaired) electrons. The number of aliphatic hydroxyl groups is 5. The Morgan fingerprint density at radius 3 is 2.50 bits per heavy atom. The van der Waals surface area contributed by atoms with Crippen LogP contribution in [-0.4, -0.2) is 79.8 Å². The normalized spacial score (nSPS) is 34.5. The third-order valence-electron chi connectivity index (χ3n) is 2.63. The number of rotatable bonds is 3. The van der Waals surface area contributed by atoms with Gasteiger partial charge in [0.1, 0.15) is 18.3 Å². The van der Waals surface area contributed by atoms with Gasteiger partial charge in [-0.15, -0.1) is 0 Å². The van der Waals surface area contributed by atoms with E-state index in [0.29, 0.717) is 0 Å². The van der Waals surface area contributed by atoms with E-state index in [2.05, 4.69) is 5.32 Å². The van der Waals surface area contributed by atoms with Gasteiger partial charge in [-0.2, -0.15) is 0 Å². The van der Waals surface area contributed by atoms with Gasteiger partial charge in [-0.3, -0.25) is 0 Å². The fraction of sp³-hybridized carbons (Fsp3) is 0.875. The molecule has 1 aliphatic heterocycles. The maximum absolute atomic E-state index is 9.67. The standard InChI is InChI=1S/C8H16N2O5S/c1-10-7(15)6(14)4(9-8(10)16)5(13)3(12)2-11/h3-7,11-15H,2H2,1H3,(H,9,16)/t3-,4+,5-,6-,7-/m1/s1. The van der Waals surface area contributed by atoms with Gasteiger partial charge in [0.15, 0.2) is 11.3 Å². The van der Waals surface area contributed by atoms with Crippen molar-refractivity contribution in [3.8, 4) is 0 Å². The first-order chi connectivity index (χ1) is 7.40. The Balaban J connectivity index is 2.77. The monoisotopic (exact) mass is 252 g/mol. The van der Waals surface area contributed by atoms with E-state index in [-0.39, 0.29) is 5.11 Å². The van der Waals surface area contributed by atoms with Gasteiger partial charge in [0.05, 0.1) is 12.6 Å². The van der Waals surface area contributed by atoms with Crippen LogP contribution in [0.3, 0.4) is 0 Å². The van der Waals surface area contributed by atoms with Crippen LogP contribution >= 0.6 is 12.2 Å². The van der Waals surface area contributed by atoms with Crippen LogP contribution in [0.5, 0.6) is 0 Å². The molecule has 94 valence electrons. The minimum absolute atomic E-state index is 0.145. The lowest BCUT2D eigenvalue weighted by atomic mass is 9.97. The number of likely N-dealkylation sites (N-methyl/N-ethyl adjacent to an activating group) is 1. The molecule has 6 N–H and O–H groups in total. The van der Waals surface area contributed by atoms with Crippen molar-refractivity contribution in [1.82, 2.24) is 10.2 Å². The van der Waals surface area contributed by atoms with Gasteiger partial charge in [0.25, 0.3) is 0 Å². The van der Waals surface area contributed by atoms with Crippen molar-refractivity contribution < 1.29 is 25.5 Å². The number of nitrogens with one attached hydrogen (secondary N) is 1. The fourth-order valence-corrected chi connectivity index (χ4v) is 1.74. The van der Waals surface area contributed by atoms with Gasteiger partial charge >= 0.3 is 0 Å². The average molecular weight is 252 g/mol. The predicted molar refractivity (Wildman–Crippen MR) is 58.4 cm³/mol. The molecule has 0 amide bonds. The number of nitrogens with zero attached hydrogens (tertiary/aromatic N) is 1. The Bertz CT molecular complexity index is 263. The summed E-state index contributed by atoms with van der Waals surface area (Å²) in [7, 11) is 1.48. The van der Waals surface area contributed by atoms with Crippen molar-refractivity contribution >= 4 is 17.3 Å². The SMILES string of the molecule is CN1C(=S)N[C@@H]([C@H](O)[C@H](O)CO)[C@@H](O)[C@H]1O. The first-order valence-corrected chi connectivity index (χ1v) is 5.17. The summed E-state index contributed by atoms with van der Waals surface area (Å²) in [6, 6.07) is -1.03. The highest BCUT2D eigenvalue weighted by Crippen LogP contribution is 2.15. The highest BCUT2D eigenvalue weighted by molar-refractivity contribution is 7.80. The fourth-order valence-electron chi connectivity index (χ4n) is 1.50. The largest absolute Gasteiger partial charge is 0.394 e. The summed E-state index contributed by atoms with van der Waals surface area (Å²) in [5.74, 6) is 0. The van der Waals surface area contributed by atoms with E-state index in [1.54, 1.807) is 0 Å². The van der Waals surface area contributed by atoms with Gasteiger partial charge in [-0.25, -0.2) is 0 Å². The second kappa shape index (κ2) is 5.21. The molecule has 0 aromatic carbocycles. The van der Waals surface area contributed by atoms with Crippen LogP contribution in [0.4, 0.5) is 0 Å². The van der Waals surface area contributed by atoms with Crippen LogP contribution in [0.2, 0.25) is 0 Å². The van der Waals surface area contributed by atoms with Crippen molar-refractivity contribution in [2.45, 2.75) is 30.6 Å². The van der Waals surface area contributed by atoms with Crippen LogP contribution in [0.1, 0.15) is 0 Å². The topological polar surface area (TPSA) is 116 Å². The summed E-state index contributed by atoms with van der Waals surface area (Å²) in [6.45, 7) is -0.648.